The number of para-hydroxylation sites is 4. The quantitative estimate of drug-likeness (QED) is 0.167. The normalized spacial score (nSPS) is 13.6. The molecule has 0 bridgehead atoms. The number of aromatic nitrogens is 4. The molecular formula is C37H20F12N4O2. The van der Waals surface area contributed by atoms with Crippen molar-refractivity contribution in [3.8, 4) is 11.4 Å². The van der Waals surface area contributed by atoms with Crippen LogP contribution in [0.15, 0.2) is 94.0 Å². The predicted molar refractivity (Wildman–Crippen MR) is 174 cm³/mol. The number of halogens is 12. The largest absolute Gasteiger partial charge is 0.453 e. The third-order valence-corrected chi connectivity index (χ3v) is 9.33. The van der Waals surface area contributed by atoms with Gasteiger partial charge in [-0.3, -0.25) is 0 Å². The van der Waals surface area contributed by atoms with E-state index in [2.05, 4.69) is 10.2 Å². The standard InChI is InChI=1S/C37H20F12N4O2/c1-33(2,31-23(36(44,45)46)15-52(50-31)25-13-5-9-19-17-7-3-11-21(34(38,39)40)27(17)54-29(19)25)32-24(37(47,48)49)16-53(51-32)26-14-6-10-20-18-8-4-12-22(35(41,42)43)28(18)55-30(20)26/h3-16H,1-2H3. The van der Waals surface area contributed by atoms with Crippen molar-refractivity contribution in [2.45, 2.75) is 44.0 Å². The highest BCUT2D eigenvalue weighted by molar-refractivity contribution is 6.09. The second-order valence-electron chi connectivity index (χ2n) is 13.2. The number of benzene rings is 4. The van der Waals surface area contributed by atoms with Gasteiger partial charge in [0.05, 0.1) is 39.1 Å². The molecule has 0 radical (unpaired) electrons. The van der Waals surface area contributed by atoms with Gasteiger partial charge >= 0.3 is 24.7 Å². The molecule has 0 fully saturated rings. The molecule has 0 aliphatic heterocycles. The maximum Gasteiger partial charge on any atom is 0.420 e. The highest BCUT2D eigenvalue weighted by atomic mass is 19.4. The molecule has 0 saturated heterocycles. The number of hydrogen-bond donors (Lipinski definition) is 0. The van der Waals surface area contributed by atoms with Crippen molar-refractivity contribution in [1.82, 2.24) is 19.6 Å². The lowest BCUT2D eigenvalue weighted by Gasteiger charge is -2.24. The molecule has 4 heterocycles. The average molecular weight is 781 g/mol. The molecule has 0 amide bonds. The molecule has 18 heteroatoms. The maximum absolute atomic E-state index is 14.7. The van der Waals surface area contributed by atoms with Crippen LogP contribution in [0.3, 0.4) is 0 Å². The summed E-state index contributed by atoms with van der Waals surface area (Å²) in [6, 6.07) is 14.4. The van der Waals surface area contributed by atoms with E-state index in [9.17, 15) is 52.7 Å². The smallest absolute Gasteiger partial charge is 0.420 e. The SMILES string of the molecule is CC(C)(c1nn(-c2cccc3c2oc2c(C(F)(F)F)cccc23)cc1C(F)(F)F)c1nn(-c2cccc3c2oc2c(C(F)(F)F)cccc23)cc1C(F)(F)F. The molecule has 55 heavy (non-hydrogen) atoms. The Balaban J connectivity index is 1.32. The van der Waals surface area contributed by atoms with Crippen LogP contribution in [-0.4, -0.2) is 19.6 Å². The second kappa shape index (κ2) is 11.5. The van der Waals surface area contributed by atoms with Crippen molar-refractivity contribution in [2.24, 2.45) is 0 Å². The van der Waals surface area contributed by atoms with Gasteiger partial charge in [0.15, 0.2) is 11.2 Å². The predicted octanol–water partition coefficient (Wildman–Crippen LogP) is 12.3. The van der Waals surface area contributed by atoms with E-state index < -0.39 is 74.9 Å². The fourth-order valence-corrected chi connectivity index (χ4v) is 6.86. The van der Waals surface area contributed by atoms with Gasteiger partial charge < -0.3 is 8.83 Å². The summed E-state index contributed by atoms with van der Waals surface area (Å²) in [5.74, 6) is 0. The van der Waals surface area contributed by atoms with Crippen LogP contribution in [0, 0.1) is 0 Å². The van der Waals surface area contributed by atoms with Crippen LogP contribution in [0.25, 0.3) is 55.3 Å². The topological polar surface area (TPSA) is 61.9 Å². The first kappa shape index (κ1) is 36.1. The highest BCUT2D eigenvalue weighted by Crippen LogP contribution is 2.47. The summed E-state index contributed by atoms with van der Waals surface area (Å²) in [7, 11) is 0. The third kappa shape index (κ3) is 5.67. The first-order valence-corrected chi connectivity index (χ1v) is 15.9. The van der Waals surface area contributed by atoms with Crippen molar-refractivity contribution >= 4 is 43.9 Å². The highest BCUT2D eigenvalue weighted by Gasteiger charge is 2.48. The minimum Gasteiger partial charge on any atom is -0.453 e. The van der Waals surface area contributed by atoms with Crippen LogP contribution in [0.5, 0.6) is 0 Å². The van der Waals surface area contributed by atoms with Crippen molar-refractivity contribution in [3.05, 3.63) is 119 Å². The van der Waals surface area contributed by atoms with E-state index >= 15 is 0 Å². The Kier molecular flexibility index (Phi) is 7.56. The maximum atomic E-state index is 14.7. The number of hydrogen-bond acceptors (Lipinski definition) is 4. The molecule has 0 aliphatic rings. The number of nitrogens with zero attached hydrogens (tertiary/aromatic N) is 4. The fraction of sp³-hybridized carbons (Fsp3) is 0.189. The molecule has 0 spiro atoms. The van der Waals surface area contributed by atoms with E-state index in [1.54, 1.807) is 0 Å². The van der Waals surface area contributed by atoms with Crippen molar-refractivity contribution in [3.63, 3.8) is 0 Å². The first-order chi connectivity index (χ1) is 25.6. The molecule has 0 atom stereocenters. The van der Waals surface area contributed by atoms with Gasteiger partial charge in [-0.1, -0.05) is 48.5 Å². The lowest BCUT2D eigenvalue weighted by Crippen LogP contribution is -2.27. The van der Waals surface area contributed by atoms with Crippen molar-refractivity contribution in [1.29, 1.82) is 0 Å². The Morgan fingerprint density at radius 2 is 0.727 bits per heavy atom. The molecule has 6 nitrogen and oxygen atoms in total. The van der Waals surface area contributed by atoms with Gasteiger partial charge in [-0.25, -0.2) is 9.36 Å². The van der Waals surface area contributed by atoms with Gasteiger partial charge in [-0.15, -0.1) is 0 Å². The Labute approximate surface area is 299 Å². The van der Waals surface area contributed by atoms with Crippen LogP contribution < -0.4 is 0 Å². The summed E-state index contributed by atoms with van der Waals surface area (Å²) in [6.45, 7) is 2.04. The minimum absolute atomic E-state index is 0.00453. The number of rotatable bonds is 4. The lowest BCUT2D eigenvalue weighted by atomic mass is 9.81. The van der Waals surface area contributed by atoms with E-state index in [4.69, 9.17) is 8.83 Å². The molecule has 4 aromatic carbocycles. The van der Waals surface area contributed by atoms with Gasteiger partial charge in [-0.2, -0.15) is 62.9 Å². The Bertz CT molecular complexity index is 2620. The van der Waals surface area contributed by atoms with E-state index in [1.807, 2.05) is 0 Å². The summed E-state index contributed by atoms with van der Waals surface area (Å²) in [4.78, 5) is 0. The van der Waals surface area contributed by atoms with E-state index in [1.165, 1.54) is 48.5 Å². The van der Waals surface area contributed by atoms with Gasteiger partial charge in [0, 0.05) is 33.9 Å². The first-order valence-electron chi connectivity index (χ1n) is 15.9. The average Bonchev–Trinajstić information content (AvgIpc) is 3.88. The zero-order chi connectivity index (χ0) is 39.6. The Morgan fingerprint density at radius 1 is 0.418 bits per heavy atom. The lowest BCUT2D eigenvalue weighted by molar-refractivity contribution is -0.139. The zero-order valence-corrected chi connectivity index (χ0v) is 27.7. The third-order valence-electron chi connectivity index (χ3n) is 9.33. The van der Waals surface area contributed by atoms with E-state index in [0.717, 1.165) is 38.1 Å². The monoisotopic (exact) mass is 780 g/mol. The van der Waals surface area contributed by atoms with Crippen LogP contribution >= 0.6 is 0 Å². The summed E-state index contributed by atoms with van der Waals surface area (Å²) in [6.07, 6.45) is -19.1. The number of furan rings is 2. The Hall–Kier alpha value is -5.94. The van der Waals surface area contributed by atoms with Crippen LogP contribution in [0.4, 0.5) is 52.7 Å². The van der Waals surface area contributed by atoms with E-state index in [0.29, 0.717) is 21.8 Å². The molecule has 0 saturated carbocycles. The molecule has 4 aromatic heterocycles. The summed E-state index contributed by atoms with van der Waals surface area (Å²) in [5.41, 5.74) is -11.6. The van der Waals surface area contributed by atoms with Gasteiger partial charge in [0.25, 0.3) is 0 Å². The number of fused-ring (bicyclic) bond motifs is 6. The summed E-state index contributed by atoms with van der Waals surface area (Å²) in [5, 5.41) is 8.36. The summed E-state index contributed by atoms with van der Waals surface area (Å²) < 4.78 is 184. The van der Waals surface area contributed by atoms with Gasteiger partial charge in [0.2, 0.25) is 0 Å². The zero-order valence-electron chi connectivity index (χ0n) is 27.7. The van der Waals surface area contributed by atoms with Crippen LogP contribution in [0.2, 0.25) is 0 Å². The molecule has 8 aromatic rings. The molecular weight excluding hydrogens is 760 g/mol. The molecule has 0 aliphatic carbocycles. The second-order valence-corrected chi connectivity index (χ2v) is 13.2. The summed E-state index contributed by atoms with van der Waals surface area (Å²) >= 11 is 0. The van der Waals surface area contributed by atoms with Crippen molar-refractivity contribution in [2.75, 3.05) is 0 Å². The van der Waals surface area contributed by atoms with Crippen LogP contribution in [0.1, 0.15) is 47.5 Å². The fourth-order valence-electron chi connectivity index (χ4n) is 6.86. The van der Waals surface area contributed by atoms with Crippen LogP contribution in [-0.2, 0) is 30.1 Å². The molecule has 284 valence electrons. The van der Waals surface area contributed by atoms with Gasteiger partial charge in [-0.05, 0) is 38.1 Å². The number of alkyl halides is 12. The van der Waals surface area contributed by atoms with Crippen molar-refractivity contribution < 1.29 is 61.5 Å². The molecule has 0 N–H and O–H groups in total. The molecule has 8 rings (SSSR count). The van der Waals surface area contributed by atoms with E-state index in [-0.39, 0.29) is 44.1 Å². The van der Waals surface area contributed by atoms with Gasteiger partial charge in [0.1, 0.15) is 22.5 Å². The Morgan fingerprint density at radius 3 is 1.05 bits per heavy atom. The molecule has 0 unspecified atom stereocenters. The minimum atomic E-state index is -5.22.